The molecule has 19 heavy (non-hydrogen) atoms. The second kappa shape index (κ2) is 6.67. The van der Waals surface area contributed by atoms with Crippen molar-refractivity contribution in [3.05, 3.63) is 56.9 Å². The first-order chi connectivity index (χ1) is 9.13. The van der Waals surface area contributed by atoms with Crippen molar-refractivity contribution >= 4 is 34.8 Å². The normalized spacial score (nSPS) is 12.6. The maximum absolute atomic E-state index is 6.21. The molecule has 0 amide bonds. The minimum atomic E-state index is 0.0219. The number of furan rings is 1. The van der Waals surface area contributed by atoms with Crippen LogP contribution in [0, 0.1) is 0 Å². The lowest BCUT2D eigenvalue weighted by Crippen LogP contribution is -2.23. The average Bonchev–Trinajstić information content (AvgIpc) is 2.79. The van der Waals surface area contributed by atoms with E-state index in [0.717, 1.165) is 17.7 Å². The molecular formula is C14H14Cl3NO. The van der Waals surface area contributed by atoms with Crippen LogP contribution >= 0.6 is 34.8 Å². The van der Waals surface area contributed by atoms with E-state index in [0.29, 0.717) is 21.7 Å². The maximum atomic E-state index is 6.21. The highest BCUT2D eigenvalue weighted by molar-refractivity contribution is 6.36. The molecule has 0 radical (unpaired) electrons. The second-order valence-electron chi connectivity index (χ2n) is 4.16. The van der Waals surface area contributed by atoms with Gasteiger partial charge in [-0.15, -0.1) is 0 Å². The van der Waals surface area contributed by atoms with Gasteiger partial charge in [0.15, 0.2) is 5.22 Å². The number of hydrogen-bond donors (Lipinski definition) is 1. The fraction of sp³-hybridized carbons (Fsp3) is 0.286. The summed E-state index contributed by atoms with van der Waals surface area (Å²) in [6.07, 6.45) is 2.24. The molecule has 1 atom stereocenters. The van der Waals surface area contributed by atoms with Crippen LogP contribution in [0.4, 0.5) is 0 Å². The molecule has 1 aromatic heterocycles. The summed E-state index contributed by atoms with van der Waals surface area (Å²) in [5.74, 6) is 0. The van der Waals surface area contributed by atoms with Crippen molar-refractivity contribution in [3.63, 3.8) is 0 Å². The Morgan fingerprint density at radius 3 is 2.37 bits per heavy atom. The van der Waals surface area contributed by atoms with Crippen LogP contribution in [0.3, 0.4) is 0 Å². The average molecular weight is 319 g/mol. The molecule has 1 aromatic carbocycles. The van der Waals surface area contributed by atoms with Crippen molar-refractivity contribution in [3.8, 4) is 0 Å². The van der Waals surface area contributed by atoms with Crippen molar-refractivity contribution < 1.29 is 4.42 Å². The van der Waals surface area contributed by atoms with Gasteiger partial charge in [0.1, 0.15) is 0 Å². The molecule has 0 bridgehead atoms. The molecule has 1 unspecified atom stereocenters. The van der Waals surface area contributed by atoms with Crippen molar-refractivity contribution in [1.82, 2.24) is 5.32 Å². The lowest BCUT2D eigenvalue weighted by Gasteiger charge is -2.18. The predicted octanol–water partition coefficient (Wildman–Crippen LogP) is 5.13. The minimum Gasteiger partial charge on any atom is -0.453 e. The van der Waals surface area contributed by atoms with Crippen LogP contribution in [0.2, 0.25) is 15.3 Å². The van der Waals surface area contributed by atoms with Gasteiger partial charge in [0, 0.05) is 21.7 Å². The molecule has 5 heteroatoms. The molecule has 0 saturated carbocycles. The summed E-state index contributed by atoms with van der Waals surface area (Å²) in [6.45, 7) is 2.85. The molecule has 0 fully saturated rings. The summed E-state index contributed by atoms with van der Waals surface area (Å²) >= 11 is 18.5. The van der Waals surface area contributed by atoms with Crippen LogP contribution in [0.5, 0.6) is 0 Å². The van der Waals surface area contributed by atoms with Gasteiger partial charge in [-0.25, -0.2) is 0 Å². The monoisotopic (exact) mass is 317 g/mol. The quantitative estimate of drug-likeness (QED) is 0.826. The van der Waals surface area contributed by atoms with Gasteiger partial charge in [-0.05, 0) is 48.3 Å². The van der Waals surface area contributed by atoms with E-state index in [2.05, 4.69) is 5.32 Å². The third kappa shape index (κ3) is 3.46. The van der Waals surface area contributed by atoms with E-state index in [4.69, 9.17) is 39.2 Å². The van der Waals surface area contributed by atoms with Gasteiger partial charge in [0.05, 0.1) is 6.26 Å². The number of likely N-dealkylation sites (N-methyl/N-ethyl adjacent to an activating group) is 1. The molecular weight excluding hydrogens is 305 g/mol. The molecule has 1 heterocycles. The van der Waals surface area contributed by atoms with Crippen molar-refractivity contribution in [2.45, 2.75) is 19.4 Å². The Hall–Kier alpha value is -0.670. The summed E-state index contributed by atoms with van der Waals surface area (Å²) in [5.41, 5.74) is 1.83. The van der Waals surface area contributed by atoms with Crippen LogP contribution in [0.15, 0.2) is 34.9 Å². The van der Waals surface area contributed by atoms with E-state index >= 15 is 0 Å². The van der Waals surface area contributed by atoms with E-state index < -0.39 is 0 Å². The largest absolute Gasteiger partial charge is 0.453 e. The minimum absolute atomic E-state index is 0.0219. The third-order valence-corrected chi connectivity index (χ3v) is 3.96. The van der Waals surface area contributed by atoms with Gasteiger partial charge >= 0.3 is 0 Å². The van der Waals surface area contributed by atoms with E-state index in [-0.39, 0.29) is 6.04 Å². The Balaban J connectivity index is 2.29. The SMILES string of the molecule is CCNC(Cc1c(Cl)cccc1Cl)c1ccoc1Cl. The van der Waals surface area contributed by atoms with E-state index in [9.17, 15) is 0 Å². The highest BCUT2D eigenvalue weighted by Crippen LogP contribution is 2.32. The predicted molar refractivity (Wildman–Crippen MR) is 80.3 cm³/mol. The first-order valence-electron chi connectivity index (χ1n) is 6.02. The zero-order valence-corrected chi connectivity index (χ0v) is 12.7. The molecule has 2 rings (SSSR count). The highest BCUT2D eigenvalue weighted by atomic mass is 35.5. The Morgan fingerprint density at radius 1 is 1.16 bits per heavy atom. The van der Waals surface area contributed by atoms with Crippen LogP contribution in [-0.4, -0.2) is 6.54 Å². The van der Waals surface area contributed by atoms with Crippen LogP contribution in [-0.2, 0) is 6.42 Å². The van der Waals surface area contributed by atoms with Gasteiger partial charge in [-0.2, -0.15) is 0 Å². The molecule has 0 saturated heterocycles. The Labute approximate surface area is 127 Å². The second-order valence-corrected chi connectivity index (χ2v) is 5.32. The number of halogens is 3. The highest BCUT2D eigenvalue weighted by Gasteiger charge is 2.19. The Kier molecular flexibility index (Phi) is 5.17. The number of hydrogen-bond acceptors (Lipinski definition) is 2. The smallest absolute Gasteiger partial charge is 0.197 e. The lowest BCUT2D eigenvalue weighted by atomic mass is 10.0. The zero-order valence-electron chi connectivity index (χ0n) is 10.4. The zero-order chi connectivity index (χ0) is 13.8. The van der Waals surface area contributed by atoms with E-state index in [1.807, 2.05) is 31.2 Å². The molecule has 0 aliphatic carbocycles. The van der Waals surface area contributed by atoms with E-state index in [1.165, 1.54) is 0 Å². The summed E-state index contributed by atoms with van der Waals surface area (Å²) in [4.78, 5) is 0. The molecule has 2 nitrogen and oxygen atoms in total. The Morgan fingerprint density at radius 2 is 1.84 bits per heavy atom. The van der Waals surface area contributed by atoms with Gasteiger partial charge in [-0.1, -0.05) is 36.2 Å². The fourth-order valence-corrected chi connectivity index (χ4v) is 2.82. The first kappa shape index (κ1) is 14.7. The fourth-order valence-electron chi connectivity index (χ4n) is 2.02. The van der Waals surface area contributed by atoms with Crippen LogP contribution in [0.25, 0.3) is 0 Å². The molecule has 1 N–H and O–H groups in total. The summed E-state index contributed by atoms with van der Waals surface area (Å²) in [5, 5.41) is 5.09. The first-order valence-corrected chi connectivity index (χ1v) is 7.16. The summed E-state index contributed by atoms with van der Waals surface area (Å²) < 4.78 is 5.15. The van der Waals surface area contributed by atoms with Crippen molar-refractivity contribution in [2.75, 3.05) is 6.54 Å². The Bertz CT molecular complexity index is 533. The topological polar surface area (TPSA) is 25.2 Å². The van der Waals surface area contributed by atoms with Crippen molar-refractivity contribution in [1.29, 1.82) is 0 Å². The summed E-state index contributed by atoms with van der Waals surface area (Å²) in [6, 6.07) is 7.39. The maximum Gasteiger partial charge on any atom is 0.197 e. The number of rotatable bonds is 5. The van der Waals surface area contributed by atoms with Crippen LogP contribution in [0.1, 0.15) is 24.1 Å². The lowest BCUT2D eigenvalue weighted by molar-refractivity contribution is 0.526. The van der Waals surface area contributed by atoms with Gasteiger partial charge in [0.2, 0.25) is 0 Å². The van der Waals surface area contributed by atoms with Gasteiger partial charge in [0.25, 0.3) is 0 Å². The molecule has 0 aliphatic rings. The van der Waals surface area contributed by atoms with Gasteiger partial charge < -0.3 is 9.73 Å². The molecule has 102 valence electrons. The number of nitrogens with one attached hydrogen (secondary N) is 1. The van der Waals surface area contributed by atoms with Crippen LogP contribution < -0.4 is 5.32 Å². The molecule has 0 spiro atoms. The van der Waals surface area contributed by atoms with Crippen molar-refractivity contribution in [2.24, 2.45) is 0 Å². The molecule has 0 aliphatic heterocycles. The van der Waals surface area contributed by atoms with Gasteiger partial charge in [-0.3, -0.25) is 0 Å². The standard InChI is InChI=1S/C14H14Cl3NO/c1-2-18-13(9-6-7-19-14(9)17)8-10-11(15)4-3-5-12(10)16/h3-7,13,18H,2,8H2,1H3. The molecule has 2 aromatic rings. The third-order valence-electron chi connectivity index (χ3n) is 2.94. The van der Waals surface area contributed by atoms with E-state index in [1.54, 1.807) is 6.26 Å². The number of benzene rings is 1. The summed E-state index contributed by atoms with van der Waals surface area (Å²) in [7, 11) is 0.